The van der Waals surface area contributed by atoms with Crippen LogP contribution in [0.4, 0.5) is 0 Å². The molecule has 118 valence electrons. The van der Waals surface area contributed by atoms with Crippen molar-refractivity contribution in [2.45, 2.75) is 42.0 Å². The van der Waals surface area contributed by atoms with Gasteiger partial charge in [0, 0.05) is 11.5 Å². The van der Waals surface area contributed by atoms with Gasteiger partial charge in [-0.05, 0) is 57.3 Å². The number of sulfonamides is 1. The second-order valence-electron chi connectivity index (χ2n) is 5.76. The molecule has 1 aromatic heterocycles. The van der Waals surface area contributed by atoms with Crippen LogP contribution in [0.5, 0.6) is 0 Å². The van der Waals surface area contributed by atoms with Gasteiger partial charge in [-0.2, -0.15) is 0 Å². The molecule has 0 radical (unpaired) electrons. The smallest absolute Gasteiger partial charge is 0.250 e. The van der Waals surface area contributed by atoms with Gasteiger partial charge in [-0.3, -0.25) is 0 Å². The number of nitrogens with one attached hydrogen (secondary N) is 2. The van der Waals surface area contributed by atoms with Crippen LogP contribution in [0.2, 0.25) is 0 Å². The van der Waals surface area contributed by atoms with E-state index in [9.17, 15) is 8.42 Å². The topological polar surface area (TPSA) is 67.4 Å². The average Bonchev–Trinajstić information content (AvgIpc) is 2.99. The number of rotatable bonds is 7. The summed E-state index contributed by atoms with van der Waals surface area (Å²) in [6.07, 6.45) is 4.03. The second-order valence-corrected chi connectivity index (χ2v) is 8.87. The van der Waals surface area contributed by atoms with E-state index in [2.05, 4.69) is 10.0 Å². The molecule has 0 spiro atoms. The van der Waals surface area contributed by atoms with E-state index in [1.807, 2.05) is 13.1 Å². The van der Waals surface area contributed by atoms with Crippen molar-refractivity contribution < 1.29 is 13.2 Å². The lowest BCUT2D eigenvalue weighted by Crippen LogP contribution is -2.41. The fourth-order valence-electron chi connectivity index (χ4n) is 2.77. The SMILES string of the molecule is CNCCc1ccc(S(=O)(=O)NC2CCOC2C2CC2)s1. The van der Waals surface area contributed by atoms with Crippen molar-refractivity contribution in [1.29, 1.82) is 0 Å². The summed E-state index contributed by atoms with van der Waals surface area (Å²) in [5, 5.41) is 3.07. The molecule has 2 fully saturated rings. The first kappa shape index (κ1) is 15.4. The molecule has 2 aliphatic rings. The fourth-order valence-corrected chi connectivity index (χ4v) is 5.42. The maximum atomic E-state index is 12.5. The Bertz CT molecular complexity index is 581. The zero-order chi connectivity index (χ0) is 14.9. The lowest BCUT2D eigenvalue weighted by atomic mass is 10.1. The number of ether oxygens (including phenoxy) is 1. The monoisotopic (exact) mass is 330 g/mol. The van der Waals surface area contributed by atoms with E-state index >= 15 is 0 Å². The minimum atomic E-state index is -3.42. The molecule has 1 saturated heterocycles. The largest absolute Gasteiger partial charge is 0.376 e. The third-order valence-corrected chi connectivity index (χ3v) is 7.18. The van der Waals surface area contributed by atoms with Gasteiger partial charge in [-0.15, -0.1) is 11.3 Å². The molecule has 0 bridgehead atoms. The van der Waals surface area contributed by atoms with Gasteiger partial charge in [0.15, 0.2) is 0 Å². The third kappa shape index (κ3) is 3.65. The Balaban J connectivity index is 1.66. The molecule has 2 heterocycles. The molecule has 1 aromatic rings. The maximum Gasteiger partial charge on any atom is 0.250 e. The van der Waals surface area contributed by atoms with E-state index in [1.54, 1.807) is 6.07 Å². The lowest BCUT2D eigenvalue weighted by Gasteiger charge is -2.18. The predicted molar refractivity (Wildman–Crippen MR) is 83.1 cm³/mol. The minimum Gasteiger partial charge on any atom is -0.376 e. The van der Waals surface area contributed by atoms with Gasteiger partial charge in [0.1, 0.15) is 4.21 Å². The number of hydrogen-bond acceptors (Lipinski definition) is 5. The van der Waals surface area contributed by atoms with Gasteiger partial charge in [0.25, 0.3) is 0 Å². The molecule has 3 rings (SSSR count). The molecule has 1 saturated carbocycles. The quantitative estimate of drug-likeness (QED) is 0.792. The normalized spacial score (nSPS) is 26.3. The number of hydrogen-bond donors (Lipinski definition) is 2. The van der Waals surface area contributed by atoms with E-state index < -0.39 is 10.0 Å². The summed E-state index contributed by atoms with van der Waals surface area (Å²) >= 11 is 1.36. The van der Waals surface area contributed by atoms with Crippen molar-refractivity contribution in [3.8, 4) is 0 Å². The molecule has 0 aromatic carbocycles. The Hall–Kier alpha value is -0.470. The van der Waals surface area contributed by atoms with Gasteiger partial charge < -0.3 is 10.1 Å². The summed E-state index contributed by atoms with van der Waals surface area (Å²) < 4.78 is 33.9. The van der Waals surface area contributed by atoms with Crippen LogP contribution in [0, 0.1) is 5.92 Å². The zero-order valence-corrected chi connectivity index (χ0v) is 13.8. The van der Waals surface area contributed by atoms with Gasteiger partial charge in [-0.25, -0.2) is 13.1 Å². The first-order valence-electron chi connectivity index (χ1n) is 7.47. The van der Waals surface area contributed by atoms with Crippen LogP contribution in [-0.4, -0.2) is 40.8 Å². The molecular formula is C14H22N2O3S2. The molecular weight excluding hydrogens is 308 g/mol. The third-order valence-electron chi connectivity index (χ3n) is 4.05. The van der Waals surface area contributed by atoms with Crippen molar-refractivity contribution in [3.05, 3.63) is 17.0 Å². The molecule has 7 heteroatoms. The van der Waals surface area contributed by atoms with E-state index in [1.165, 1.54) is 11.3 Å². The highest BCUT2D eigenvalue weighted by Gasteiger charge is 2.42. The van der Waals surface area contributed by atoms with Crippen molar-refractivity contribution in [2.24, 2.45) is 5.92 Å². The summed E-state index contributed by atoms with van der Waals surface area (Å²) in [6, 6.07) is 3.55. The van der Waals surface area contributed by atoms with Crippen LogP contribution in [-0.2, 0) is 21.2 Å². The molecule has 5 nitrogen and oxygen atoms in total. The van der Waals surface area contributed by atoms with Crippen molar-refractivity contribution in [2.75, 3.05) is 20.2 Å². The first-order valence-corrected chi connectivity index (χ1v) is 9.77. The number of thiophene rings is 1. The highest BCUT2D eigenvalue weighted by Crippen LogP contribution is 2.39. The fraction of sp³-hybridized carbons (Fsp3) is 0.714. The highest BCUT2D eigenvalue weighted by atomic mass is 32.2. The van der Waals surface area contributed by atoms with E-state index in [0.29, 0.717) is 16.7 Å². The highest BCUT2D eigenvalue weighted by molar-refractivity contribution is 7.91. The maximum absolute atomic E-state index is 12.5. The van der Waals surface area contributed by atoms with E-state index in [-0.39, 0.29) is 12.1 Å². The Kier molecular flexibility index (Phi) is 4.66. The molecule has 1 aliphatic heterocycles. The second kappa shape index (κ2) is 6.34. The summed E-state index contributed by atoms with van der Waals surface area (Å²) in [6.45, 7) is 1.51. The van der Waals surface area contributed by atoms with Crippen LogP contribution in [0.1, 0.15) is 24.1 Å². The Labute approximate surface area is 130 Å². The van der Waals surface area contributed by atoms with E-state index in [4.69, 9.17) is 4.74 Å². The summed E-state index contributed by atoms with van der Waals surface area (Å²) in [5.41, 5.74) is 0. The molecule has 2 unspecified atom stereocenters. The van der Waals surface area contributed by atoms with E-state index in [0.717, 1.165) is 37.1 Å². The van der Waals surface area contributed by atoms with Crippen LogP contribution >= 0.6 is 11.3 Å². The Morgan fingerprint density at radius 3 is 2.86 bits per heavy atom. The van der Waals surface area contributed by atoms with Crippen molar-refractivity contribution in [3.63, 3.8) is 0 Å². The summed E-state index contributed by atoms with van der Waals surface area (Å²) in [7, 11) is -1.52. The van der Waals surface area contributed by atoms with Gasteiger partial charge >= 0.3 is 0 Å². The van der Waals surface area contributed by atoms with Gasteiger partial charge in [-0.1, -0.05) is 0 Å². The van der Waals surface area contributed by atoms with Crippen molar-refractivity contribution >= 4 is 21.4 Å². The standard InChI is InChI=1S/C14H22N2O3S2/c1-15-8-6-11-4-5-13(20-11)21(17,18)16-12-7-9-19-14(12)10-2-3-10/h4-5,10,12,14-16H,2-3,6-9H2,1H3. The average molecular weight is 330 g/mol. The minimum absolute atomic E-state index is 0.0645. The molecule has 21 heavy (non-hydrogen) atoms. The van der Waals surface area contributed by atoms with Crippen LogP contribution in [0.15, 0.2) is 16.3 Å². The lowest BCUT2D eigenvalue weighted by molar-refractivity contribution is 0.0848. The molecule has 2 atom stereocenters. The zero-order valence-electron chi connectivity index (χ0n) is 12.2. The number of likely N-dealkylation sites (N-methyl/N-ethyl adjacent to an activating group) is 1. The molecule has 1 aliphatic carbocycles. The predicted octanol–water partition coefficient (Wildman–Crippen LogP) is 1.36. The van der Waals surface area contributed by atoms with Crippen molar-refractivity contribution in [1.82, 2.24) is 10.0 Å². The van der Waals surface area contributed by atoms with Crippen LogP contribution in [0.25, 0.3) is 0 Å². The molecule has 0 amide bonds. The van der Waals surface area contributed by atoms with Gasteiger partial charge in [0.05, 0.1) is 12.1 Å². The van der Waals surface area contributed by atoms with Crippen LogP contribution < -0.4 is 10.0 Å². The van der Waals surface area contributed by atoms with Gasteiger partial charge in [0.2, 0.25) is 10.0 Å². The Morgan fingerprint density at radius 1 is 1.33 bits per heavy atom. The summed E-state index contributed by atoms with van der Waals surface area (Å²) in [4.78, 5) is 1.09. The van der Waals surface area contributed by atoms with Crippen LogP contribution in [0.3, 0.4) is 0 Å². The Morgan fingerprint density at radius 2 is 2.14 bits per heavy atom. The summed E-state index contributed by atoms with van der Waals surface area (Å²) in [5.74, 6) is 0.551. The molecule has 2 N–H and O–H groups in total. The first-order chi connectivity index (χ1) is 10.1.